The van der Waals surface area contributed by atoms with Crippen LogP contribution in [0.4, 0.5) is 0 Å². The highest BCUT2D eigenvalue weighted by molar-refractivity contribution is 5.89. The molecule has 0 aromatic heterocycles. The summed E-state index contributed by atoms with van der Waals surface area (Å²) in [6, 6.07) is -0.643. The number of allylic oxidation sites excluding steroid dienone is 2. The van der Waals surface area contributed by atoms with Crippen LogP contribution in [-0.4, -0.2) is 30.8 Å². The summed E-state index contributed by atoms with van der Waals surface area (Å²) in [5.74, 6) is 1.27. The van der Waals surface area contributed by atoms with Crippen LogP contribution in [0.15, 0.2) is 11.6 Å². The number of amides is 1. The number of nitrogens with one attached hydrogen (secondary N) is 1. The van der Waals surface area contributed by atoms with Gasteiger partial charge in [-0.2, -0.15) is 0 Å². The van der Waals surface area contributed by atoms with Crippen molar-refractivity contribution in [3.63, 3.8) is 0 Å². The second-order valence-corrected chi connectivity index (χ2v) is 16.2. The lowest BCUT2D eigenvalue weighted by molar-refractivity contribution is -0.186. The first-order valence-corrected chi connectivity index (χ1v) is 15.6. The molecule has 39 heavy (non-hydrogen) atoms. The Hall–Kier alpha value is -1.65. The number of carbonyl (C=O) groups excluding carboxylic acids is 3. The van der Waals surface area contributed by atoms with E-state index in [1.807, 2.05) is 0 Å². The molecular weight excluding hydrogens is 486 g/mol. The van der Waals surface area contributed by atoms with E-state index < -0.39 is 11.5 Å². The van der Waals surface area contributed by atoms with Crippen molar-refractivity contribution < 1.29 is 19.1 Å². The summed E-state index contributed by atoms with van der Waals surface area (Å²) in [5.41, 5.74) is 1.32. The normalized spacial score (nSPS) is 44.9. The third-order valence-corrected chi connectivity index (χ3v) is 13.7. The zero-order valence-corrected chi connectivity index (χ0v) is 26.1. The number of carbonyl (C=O) groups is 3. The van der Waals surface area contributed by atoms with Crippen molar-refractivity contribution in [2.45, 2.75) is 126 Å². The summed E-state index contributed by atoms with van der Waals surface area (Å²) >= 11 is 0. The lowest BCUT2D eigenvalue weighted by Gasteiger charge is -2.70. The topological polar surface area (TPSA) is 72.5 Å². The van der Waals surface area contributed by atoms with Crippen molar-refractivity contribution in [2.75, 3.05) is 7.11 Å². The lowest BCUT2D eigenvalue weighted by atomic mass is 9.33. The number of Topliss-reactive ketones (excluding diaryl/α,β-unsaturated/α-hetero) is 1. The molecule has 4 fully saturated rings. The summed E-state index contributed by atoms with van der Waals surface area (Å²) < 4.78 is 4.93. The average molecular weight is 540 g/mol. The predicted molar refractivity (Wildman–Crippen MR) is 154 cm³/mol. The third-order valence-electron chi connectivity index (χ3n) is 13.7. The van der Waals surface area contributed by atoms with Crippen LogP contribution in [-0.2, 0) is 19.1 Å². The van der Waals surface area contributed by atoms with E-state index in [9.17, 15) is 14.4 Å². The first-order valence-electron chi connectivity index (χ1n) is 15.6. The Morgan fingerprint density at radius 2 is 1.62 bits per heavy atom. The fraction of sp³-hybridized carbons (Fsp3) is 0.853. The molecule has 5 nitrogen and oxygen atoms in total. The fourth-order valence-corrected chi connectivity index (χ4v) is 11.0. The Bertz CT molecular complexity index is 1100. The maximum atomic E-state index is 14.1. The van der Waals surface area contributed by atoms with Gasteiger partial charge in [-0.1, -0.05) is 60.1 Å². The Morgan fingerprint density at radius 3 is 2.28 bits per heavy atom. The number of methoxy groups -OCH3 is 1. The third kappa shape index (κ3) is 3.86. The van der Waals surface area contributed by atoms with E-state index in [2.05, 4.69) is 59.9 Å². The Morgan fingerprint density at radius 1 is 0.949 bits per heavy atom. The molecule has 8 atom stereocenters. The maximum absolute atomic E-state index is 14.1. The van der Waals surface area contributed by atoms with Crippen LogP contribution >= 0.6 is 0 Å². The van der Waals surface area contributed by atoms with Crippen molar-refractivity contribution in [2.24, 2.45) is 50.2 Å². The highest BCUT2D eigenvalue weighted by atomic mass is 16.5. The smallest absolute Gasteiger partial charge is 0.328 e. The van der Waals surface area contributed by atoms with Gasteiger partial charge in [0.15, 0.2) is 0 Å². The Kier molecular flexibility index (Phi) is 6.60. The number of rotatable bonds is 3. The van der Waals surface area contributed by atoms with Gasteiger partial charge in [0.1, 0.15) is 11.8 Å². The van der Waals surface area contributed by atoms with E-state index in [-0.39, 0.29) is 44.9 Å². The van der Waals surface area contributed by atoms with Crippen LogP contribution in [0.3, 0.4) is 0 Å². The number of ether oxygens (including phenoxy) is 1. The van der Waals surface area contributed by atoms with Gasteiger partial charge in [-0.15, -0.1) is 0 Å². The van der Waals surface area contributed by atoms with Gasteiger partial charge in [-0.3, -0.25) is 9.59 Å². The van der Waals surface area contributed by atoms with E-state index >= 15 is 0 Å². The quantitative estimate of drug-likeness (QED) is 0.309. The zero-order chi connectivity index (χ0) is 28.8. The van der Waals surface area contributed by atoms with Gasteiger partial charge in [0.25, 0.3) is 0 Å². The number of ketones is 1. The van der Waals surface area contributed by atoms with Gasteiger partial charge in [-0.05, 0) is 104 Å². The van der Waals surface area contributed by atoms with Gasteiger partial charge < -0.3 is 10.1 Å². The molecular formula is C34H53NO4. The molecule has 0 aromatic rings. The molecule has 0 bridgehead atoms. The van der Waals surface area contributed by atoms with Crippen molar-refractivity contribution in [1.29, 1.82) is 0 Å². The first-order chi connectivity index (χ1) is 18.0. The van der Waals surface area contributed by atoms with Gasteiger partial charge in [0, 0.05) is 11.8 Å². The molecule has 0 heterocycles. The Balaban J connectivity index is 1.55. The second-order valence-electron chi connectivity index (χ2n) is 16.2. The van der Waals surface area contributed by atoms with Crippen molar-refractivity contribution in [3.8, 4) is 0 Å². The number of hydrogen-bond acceptors (Lipinski definition) is 4. The molecule has 5 heteroatoms. The van der Waals surface area contributed by atoms with E-state index in [1.54, 1.807) is 6.92 Å². The molecule has 5 aliphatic carbocycles. The van der Waals surface area contributed by atoms with Crippen LogP contribution in [0.25, 0.3) is 0 Å². The Labute approximate surface area is 236 Å². The summed E-state index contributed by atoms with van der Waals surface area (Å²) in [7, 11) is 1.38. The molecule has 5 rings (SSSR count). The molecule has 0 radical (unpaired) electrons. The minimum Gasteiger partial charge on any atom is -0.467 e. The number of fused-ring (bicyclic) bond motifs is 7. The number of esters is 1. The molecule has 5 aliphatic rings. The first kappa shape index (κ1) is 28.9. The summed E-state index contributed by atoms with van der Waals surface area (Å²) in [6.45, 7) is 18.5. The molecule has 4 saturated carbocycles. The predicted octanol–water partition coefficient (Wildman–Crippen LogP) is 7.03. The molecule has 1 N–H and O–H groups in total. The summed E-state index contributed by atoms with van der Waals surface area (Å²) in [5, 5.41) is 3.08. The van der Waals surface area contributed by atoms with Gasteiger partial charge in [-0.25, -0.2) is 4.79 Å². The van der Waals surface area contributed by atoms with Crippen molar-refractivity contribution in [1.82, 2.24) is 5.32 Å². The molecule has 0 aromatic carbocycles. The van der Waals surface area contributed by atoms with E-state index in [0.29, 0.717) is 24.0 Å². The fourth-order valence-electron chi connectivity index (χ4n) is 11.0. The lowest BCUT2D eigenvalue weighted by Crippen LogP contribution is -2.65. The molecule has 0 unspecified atom stereocenters. The molecule has 0 aliphatic heterocycles. The molecule has 0 saturated heterocycles. The zero-order valence-electron chi connectivity index (χ0n) is 26.1. The largest absolute Gasteiger partial charge is 0.467 e. The standard InChI is InChI=1S/C34H53NO4/c1-21(27(37)39-9)35-28(38)34-18-16-29(2,3)20-23(34)22-10-11-25-31(6)14-13-26(36)30(4,5)24(31)12-15-33(25,8)32(22,7)17-19-34/h10,21,23-25H,11-20H2,1-9H3,(H,35,38)/t21-,23-,24-,25+,31-,32+,33+,34-/m0/s1. The molecule has 0 spiro atoms. The van der Waals surface area contributed by atoms with Gasteiger partial charge >= 0.3 is 5.97 Å². The summed E-state index contributed by atoms with van der Waals surface area (Å²) in [6.07, 6.45) is 12.4. The van der Waals surface area contributed by atoms with Gasteiger partial charge in [0.05, 0.1) is 12.5 Å². The molecule has 1 amide bonds. The molecule has 218 valence electrons. The summed E-state index contributed by atoms with van der Waals surface area (Å²) in [4.78, 5) is 39.3. The van der Waals surface area contributed by atoms with Crippen molar-refractivity contribution >= 4 is 17.7 Å². The SMILES string of the molecule is COC(=O)[C@H](C)NC(=O)[C@]12CCC(C)(C)C[C@H]1C1=CC[C@@H]3[C@@]4(C)CCC(=O)C(C)(C)[C@@H]4CC[C@@]3(C)[C@]1(C)CC2. The number of hydrogen-bond donors (Lipinski definition) is 1. The van der Waals surface area contributed by atoms with E-state index in [4.69, 9.17) is 4.74 Å². The van der Waals surface area contributed by atoms with E-state index in [0.717, 1.165) is 57.8 Å². The van der Waals surface area contributed by atoms with Crippen LogP contribution in [0.5, 0.6) is 0 Å². The van der Waals surface area contributed by atoms with E-state index in [1.165, 1.54) is 12.7 Å². The van der Waals surface area contributed by atoms with Crippen molar-refractivity contribution in [3.05, 3.63) is 11.6 Å². The van der Waals surface area contributed by atoms with Crippen LogP contribution < -0.4 is 5.32 Å². The minimum absolute atomic E-state index is 0.0331. The highest BCUT2D eigenvalue weighted by Gasteiger charge is 2.69. The second kappa shape index (κ2) is 8.92. The maximum Gasteiger partial charge on any atom is 0.328 e. The minimum atomic E-state index is -0.643. The highest BCUT2D eigenvalue weighted by Crippen LogP contribution is 2.75. The average Bonchev–Trinajstić information content (AvgIpc) is 2.86. The van der Waals surface area contributed by atoms with Crippen LogP contribution in [0.1, 0.15) is 120 Å². The van der Waals surface area contributed by atoms with Crippen LogP contribution in [0, 0.1) is 50.2 Å². The van der Waals surface area contributed by atoms with Crippen LogP contribution in [0.2, 0.25) is 0 Å². The van der Waals surface area contributed by atoms with Gasteiger partial charge in [0.2, 0.25) is 5.91 Å². The monoisotopic (exact) mass is 539 g/mol.